The highest BCUT2D eigenvalue weighted by Crippen LogP contribution is 2.47. The Labute approximate surface area is 156 Å². The van der Waals surface area contributed by atoms with Crippen LogP contribution in [0.15, 0.2) is 31.1 Å². The SMILES string of the molecule is C=C1c2ccnc(Cl)c2C(C)N1C(C)c1cnc(OCC(F)F)c(C)c1. The van der Waals surface area contributed by atoms with Crippen molar-refractivity contribution < 1.29 is 13.5 Å². The van der Waals surface area contributed by atoms with Crippen LogP contribution < -0.4 is 4.74 Å². The highest BCUT2D eigenvalue weighted by Gasteiger charge is 2.35. The van der Waals surface area contributed by atoms with E-state index in [-0.39, 0.29) is 18.0 Å². The van der Waals surface area contributed by atoms with Crippen molar-refractivity contribution in [2.45, 2.75) is 39.3 Å². The van der Waals surface area contributed by atoms with Gasteiger partial charge in [0, 0.05) is 34.8 Å². The summed E-state index contributed by atoms with van der Waals surface area (Å²) in [6, 6.07) is 3.80. The maximum Gasteiger partial charge on any atom is 0.272 e. The standard InChI is InChI=1S/C19H20ClF2N3O/c1-10-7-14(8-24-19(10)26-9-16(21)22)11(2)25-12(3)15-5-6-23-18(20)17(15)13(25)4/h5-8,11,13,16H,3,9H2,1-2,4H3. The van der Waals surface area contributed by atoms with E-state index in [1.165, 1.54) is 0 Å². The van der Waals surface area contributed by atoms with Crippen molar-refractivity contribution in [1.29, 1.82) is 0 Å². The second kappa shape index (κ2) is 7.19. The Kier molecular flexibility index (Phi) is 5.14. The summed E-state index contributed by atoms with van der Waals surface area (Å²) in [5.41, 5.74) is 4.49. The van der Waals surface area contributed by atoms with E-state index in [0.29, 0.717) is 10.7 Å². The van der Waals surface area contributed by atoms with Gasteiger partial charge in [-0.1, -0.05) is 18.2 Å². The second-order valence-electron chi connectivity index (χ2n) is 6.36. The van der Waals surface area contributed by atoms with E-state index in [4.69, 9.17) is 16.3 Å². The molecule has 26 heavy (non-hydrogen) atoms. The van der Waals surface area contributed by atoms with Gasteiger partial charge in [0.25, 0.3) is 6.43 Å². The fourth-order valence-corrected chi connectivity index (χ4v) is 3.76. The Bertz CT molecular complexity index is 844. The molecule has 2 unspecified atom stereocenters. The number of nitrogens with zero attached hydrogens (tertiary/aromatic N) is 3. The predicted molar refractivity (Wildman–Crippen MR) is 97.4 cm³/mol. The van der Waals surface area contributed by atoms with Gasteiger partial charge in [-0.05, 0) is 38.5 Å². The van der Waals surface area contributed by atoms with Crippen LogP contribution in [0.2, 0.25) is 5.15 Å². The molecule has 2 aromatic heterocycles. The molecule has 3 heterocycles. The van der Waals surface area contributed by atoms with Gasteiger partial charge in [0.1, 0.15) is 5.15 Å². The van der Waals surface area contributed by atoms with Crippen molar-refractivity contribution in [2.75, 3.05) is 6.61 Å². The van der Waals surface area contributed by atoms with Crippen molar-refractivity contribution in [3.05, 3.63) is 58.5 Å². The molecule has 2 aromatic rings. The van der Waals surface area contributed by atoms with Crippen LogP contribution in [0.1, 0.15) is 48.2 Å². The summed E-state index contributed by atoms with van der Waals surface area (Å²) in [5, 5.41) is 0.482. The second-order valence-corrected chi connectivity index (χ2v) is 6.72. The average molecular weight is 380 g/mol. The smallest absolute Gasteiger partial charge is 0.272 e. The van der Waals surface area contributed by atoms with E-state index >= 15 is 0 Å². The molecule has 3 rings (SSSR count). The van der Waals surface area contributed by atoms with Gasteiger partial charge >= 0.3 is 0 Å². The maximum absolute atomic E-state index is 12.3. The third-order valence-electron chi connectivity index (χ3n) is 4.70. The Hall–Kier alpha value is -2.21. The minimum Gasteiger partial charge on any atom is -0.471 e. The summed E-state index contributed by atoms with van der Waals surface area (Å²) in [4.78, 5) is 10.5. The normalized spacial score (nSPS) is 17.6. The highest BCUT2D eigenvalue weighted by atomic mass is 35.5. The van der Waals surface area contributed by atoms with Gasteiger partial charge in [0.05, 0.1) is 12.1 Å². The Balaban J connectivity index is 1.86. The van der Waals surface area contributed by atoms with Crippen LogP contribution in [-0.2, 0) is 0 Å². The molecule has 1 aliphatic rings. The van der Waals surface area contributed by atoms with Gasteiger partial charge < -0.3 is 9.64 Å². The molecule has 0 aliphatic carbocycles. The Morgan fingerprint density at radius 1 is 1.38 bits per heavy atom. The van der Waals surface area contributed by atoms with Crippen LogP contribution in [0.3, 0.4) is 0 Å². The van der Waals surface area contributed by atoms with E-state index in [9.17, 15) is 8.78 Å². The number of hydrogen-bond donors (Lipinski definition) is 0. The van der Waals surface area contributed by atoms with E-state index in [1.54, 1.807) is 19.3 Å². The number of rotatable bonds is 5. The highest BCUT2D eigenvalue weighted by molar-refractivity contribution is 6.30. The van der Waals surface area contributed by atoms with Crippen LogP contribution >= 0.6 is 11.6 Å². The zero-order valence-corrected chi connectivity index (χ0v) is 15.6. The fraction of sp³-hybridized carbons (Fsp3) is 0.368. The molecule has 0 aromatic carbocycles. The molecular weight excluding hydrogens is 360 g/mol. The summed E-state index contributed by atoms with van der Waals surface area (Å²) in [5.74, 6) is 0.227. The number of aryl methyl sites for hydroxylation is 1. The van der Waals surface area contributed by atoms with Crippen LogP contribution in [0.4, 0.5) is 8.78 Å². The van der Waals surface area contributed by atoms with Crippen LogP contribution in [-0.4, -0.2) is 27.9 Å². The Morgan fingerprint density at radius 2 is 2.12 bits per heavy atom. The molecule has 0 radical (unpaired) electrons. The first kappa shape index (κ1) is 18.6. The van der Waals surface area contributed by atoms with E-state index in [2.05, 4.69) is 28.4 Å². The lowest BCUT2D eigenvalue weighted by atomic mass is 10.1. The summed E-state index contributed by atoms with van der Waals surface area (Å²) in [6.45, 7) is 9.45. The number of alkyl halides is 2. The van der Waals surface area contributed by atoms with Crippen molar-refractivity contribution in [3.63, 3.8) is 0 Å². The number of aromatic nitrogens is 2. The number of halogens is 3. The number of hydrogen-bond acceptors (Lipinski definition) is 4. The lowest BCUT2D eigenvalue weighted by Gasteiger charge is -2.32. The van der Waals surface area contributed by atoms with Gasteiger partial charge in [-0.25, -0.2) is 18.7 Å². The maximum atomic E-state index is 12.3. The molecule has 1 aliphatic heterocycles. The van der Waals surface area contributed by atoms with Crippen molar-refractivity contribution in [3.8, 4) is 5.88 Å². The zero-order chi connectivity index (χ0) is 19.0. The summed E-state index contributed by atoms with van der Waals surface area (Å²) < 4.78 is 29.7. The third kappa shape index (κ3) is 3.26. The molecular formula is C19H20ClF2N3O. The minimum absolute atomic E-state index is 0.0174. The summed E-state index contributed by atoms with van der Waals surface area (Å²) in [7, 11) is 0. The molecule has 0 fully saturated rings. The Morgan fingerprint density at radius 3 is 2.73 bits per heavy atom. The van der Waals surface area contributed by atoms with Crippen molar-refractivity contribution >= 4 is 17.3 Å². The summed E-state index contributed by atoms with van der Waals surface area (Å²) in [6.07, 6.45) is 0.801. The van der Waals surface area contributed by atoms with Crippen molar-refractivity contribution in [2.24, 2.45) is 0 Å². The van der Waals surface area contributed by atoms with Crippen molar-refractivity contribution in [1.82, 2.24) is 14.9 Å². The molecule has 4 nitrogen and oxygen atoms in total. The largest absolute Gasteiger partial charge is 0.471 e. The molecule has 0 bridgehead atoms. The fourth-order valence-electron chi connectivity index (χ4n) is 3.44. The minimum atomic E-state index is -2.53. The van der Waals surface area contributed by atoms with Gasteiger partial charge in [-0.3, -0.25) is 0 Å². The molecule has 138 valence electrons. The van der Waals surface area contributed by atoms with Crippen LogP contribution in [0, 0.1) is 6.92 Å². The average Bonchev–Trinajstić information content (AvgIpc) is 2.85. The third-order valence-corrected chi connectivity index (χ3v) is 5.00. The van der Waals surface area contributed by atoms with Gasteiger partial charge in [-0.15, -0.1) is 0 Å². The van der Waals surface area contributed by atoms with Gasteiger partial charge in [0.15, 0.2) is 6.61 Å². The van der Waals surface area contributed by atoms with Crippen LogP contribution in [0.25, 0.3) is 5.70 Å². The first-order chi connectivity index (χ1) is 12.3. The monoisotopic (exact) mass is 379 g/mol. The number of ether oxygens (including phenoxy) is 1. The zero-order valence-electron chi connectivity index (χ0n) is 14.8. The summed E-state index contributed by atoms with van der Waals surface area (Å²) >= 11 is 6.28. The molecule has 2 atom stereocenters. The predicted octanol–water partition coefficient (Wildman–Crippen LogP) is 5.19. The molecule has 0 amide bonds. The van der Waals surface area contributed by atoms with E-state index in [1.807, 2.05) is 19.1 Å². The topological polar surface area (TPSA) is 38.2 Å². The first-order valence-electron chi connectivity index (χ1n) is 8.30. The van der Waals surface area contributed by atoms with Gasteiger partial charge in [-0.2, -0.15) is 0 Å². The number of fused-ring (bicyclic) bond motifs is 1. The first-order valence-corrected chi connectivity index (χ1v) is 8.68. The molecule has 0 saturated carbocycles. The molecule has 0 saturated heterocycles. The quantitative estimate of drug-likeness (QED) is 0.670. The lowest BCUT2D eigenvalue weighted by Crippen LogP contribution is -2.23. The molecule has 0 spiro atoms. The van der Waals surface area contributed by atoms with E-state index in [0.717, 1.165) is 22.4 Å². The molecule has 7 heteroatoms. The lowest BCUT2D eigenvalue weighted by molar-refractivity contribution is 0.0792. The number of pyridine rings is 2. The van der Waals surface area contributed by atoms with Gasteiger partial charge in [0.2, 0.25) is 5.88 Å². The van der Waals surface area contributed by atoms with Crippen LogP contribution in [0.5, 0.6) is 5.88 Å². The van der Waals surface area contributed by atoms with E-state index < -0.39 is 13.0 Å². The molecule has 0 N–H and O–H groups in total.